The number of rotatable bonds is 3. The average Bonchev–Trinajstić information content (AvgIpc) is 2.74. The molecule has 0 amide bonds. The Hall–Kier alpha value is -1.63. The molecule has 2 rings (SSSR count). The molecule has 0 radical (unpaired) electrons. The summed E-state index contributed by atoms with van der Waals surface area (Å²) >= 11 is 0. The molecule has 1 fully saturated rings. The molecule has 1 saturated heterocycles. The monoisotopic (exact) mass is 226 g/mol. The second-order valence-electron chi connectivity index (χ2n) is 3.70. The maximum absolute atomic E-state index is 11.5. The van der Waals surface area contributed by atoms with Gasteiger partial charge in [0.25, 0.3) is 0 Å². The lowest BCUT2D eigenvalue weighted by Crippen LogP contribution is -2.22. The molecule has 0 atom stereocenters. The van der Waals surface area contributed by atoms with E-state index < -0.39 is 5.97 Å². The van der Waals surface area contributed by atoms with Crippen LogP contribution in [0.3, 0.4) is 0 Å². The van der Waals surface area contributed by atoms with Crippen LogP contribution in [0.1, 0.15) is 23.5 Å². The molecule has 0 aliphatic carbocycles. The number of aromatic nitrogens is 3. The Bertz CT molecular complexity index is 359. The molecule has 0 spiro atoms. The van der Waals surface area contributed by atoms with Gasteiger partial charge in [0, 0.05) is 13.2 Å². The van der Waals surface area contributed by atoms with E-state index in [-0.39, 0.29) is 11.8 Å². The molecular formula is C9H14N4O3. The number of H-pyrrole nitrogens is 1. The fraction of sp³-hybridized carbons (Fsp3) is 0.667. The van der Waals surface area contributed by atoms with E-state index in [1.165, 1.54) is 0 Å². The van der Waals surface area contributed by atoms with Crippen molar-refractivity contribution in [1.29, 1.82) is 0 Å². The number of carbonyl (C=O) groups excluding carboxylic acids is 1. The van der Waals surface area contributed by atoms with Crippen molar-refractivity contribution in [3.8, 4) is 0 Å². The van der Waals surface area contributed by atoms with Gasteiger partial charge in [0.15, 0.2) is 0 Å². The number of hydrogen-bond donors (Lipinski definition) is 2. The fourth-order valence-corrected chi connectivity index (χ4v) is 1.54. The first-order valence-corrected chi connectivity index (χ1v) is 5.18. The van der Waals surface area contributed by atoms with E-state index in [1.54, 1.807) is 0 Å². The maximum atomic E-state index is 11.5. The zero-order chi connectivity index (χ0) is 11.4. The molecular weight excluding hydrogens is 212 g/mol. The maximum Gasteiger partial charge on any atom is 0.375 e. The number of esters is 1. The first-order chi connectivity index (χ1) is 7.75. The molecule has 1 aromatic rings. The van der Waals surface area contributed by atoms with Crippen molar-refractivity contribution < 1.29 is 14.3 Å². The predicted octanol–water partition coefficient (Wildman–Crippen LogP) is -0.0297. The second kappa shape index (κ2) is 4.93. The summed E-state index contributed by atoms with van der Waals surface area (Å²) in [5.41, 5.74) is 5.28. The van der Waals surface area contributed by atoms with Crippen molar-refractivity contribution in [2.45, 2.75) is 12.8 Å². The van der Waals surface area contributed by atoms with Gasteiger partial charge in [-0.1, -0.05) is 0 Å². The van der Waals surface area contributed by atoms with Gasteiger partial charge in [-0.05, 0) is 18.8 Å². The normalized spacial score (nSPS) is 17.2. The van der Waals surface area contributed by atoms with Crippen LogP contribution >= 0.6 is 0 Å². The van der Waals surface area contributed by atoms with Crippen molar-refractivity contribution >= 4 is 11.9 Å². The van der Waals surface area contributed by atoms with Gasteiger partial charge in [0.05, 0.1) is 6.61 Å². The summed E-state index contributed by atoms with van der Waals surface area (Å²) in [6.07, 6.45) is 1.84. The fourth-order valence-electron chi connectivity index (χ4n) is 1.54. The Morgan fingerprint density at radius 1 is 1.56 bits per heavy atom. The zero-order valence-corrected chi connectivity index (χ0v) is 8.81. The molecule has 88 valence electrons. The largest absolute Gasteiger partial charge is 0.460 e. The number of nitrogen functional groups attached to an aromatic ring is 1. The van der Waals surface area contributed by atoms with E-state index >= 15 is 0 Å². The third-order valence-corrected chi connectivity index (χ3v) is 2.49. The van der Waals surface area contributed by atoms with E-state index in [1.807, 2.05) is 0 Å². The molecule has 7 nitrogen and oxygen atoms in total. The Kier molecular flexibility index (Phi) is 3.35. The smallest absolute Gasteiger partial charge is 0.375 e. The van der Waals surface area contributed by atoms with E-state index in [2.05, 4.69) is 15.2 Å². The van der Waals surface area contributed by atoms with Crippen LogP contribution in [0.15, 0.2) is 0 Å². The highest BCUT2D eigenvalue weighted by Gasteiger charge is 2.18. The van der Waals surface area contributed by atoms with Gasteiger partial charge in [-0.3, -0.25) is 5.10 Å². The van der Waals surface area contributed by atoms with Gasteiger partial charge in [-0.15, -0.1) is 5.10 Å². The number of nitrogens with zero attached hydrogens (tertiary/aromatic N) is 2. The first-order valence-electron chi connectivity index (χ1n) is 5.18. The molecule has 1 aliphatic heterocycles. The molecule has 1 aromatic heterocycles. The Morgan fingerprint density at radius 2 is 2.31 bits per heavy atom. The summed E-state index contributed by atoms with van der Waals surface area (Å²) in [5.74, 6) is -0.0590. The zero-order valence-electron chi connectivity index (χ0n) is 8.81. The predicted molar refractivity (Wildman–Crippen MR) is 54.6 cm³/mol. The first kappa shape index (κ1) is 10.9. The van der Waals surface area contributed by atoms with Crippen LogP contribution in [0.25, 0.3) is 0 Å². The van der Waals surface area contributed by atoms with Crippen molar-refractivity contribution in [3.05, 3.63) is 5.82 Å². The molecule has 2 heterocycles. The molecule has 0 saturated carbocycles. The average molecular weight is 226 g/mol. The standard InChI is InChI=1S/C9H14N4O3/c10-9-11-7(12-13-9)8(14)16-5-6-1-3-15-4-2-6/h6H,1-5H2,(H3,10,11,12,13). The third kappa shape index (κ3) is 2.69. The van der Waals surface area contributed by atoms with E-state index in [0.29, 0.717) is 12.5 Å². The van der Waals surface area contributed by atoms with Crippen LogP contribution < -0.4 is 5.73 Å². The molecule has 7 heteroatoms. The number of carbonyl (C=O) groups is 1. The van der Waals surface area contributed by atoms with Crippen LogP contribution in [0.5, 0.6) is 0 Å². The van der Waals surface area contributed by atoms with Crippen molar-refractivity contribution in [2.75, 3.05) is 25.6 Å². The van der Waals surface area contributed by atoms with Crippen molar-refractivity contribution in [1.82, 2.24) is 15.2 Å². The molecule has 3 N–H and O–H groups in total. The SMILES string of the molecule is Nc1n[nH]c(C(=O)OCC2CCOCC2)n1. The Labute approximate surface area is 92.3 Å². The summed E-state index contributed by atoms with van der Waals surface area (Å²) in [7, 11) is 0. The Balaban J connectivity index is 1.79. The number of ether oxygens (including phenoxy) is 2. The number of nitrogens with two attached hydrogens (primary N) is 1. The van der Waals surface area contributed by atoms with Gasteiger partial charge in [0.1, 0.15) is 0 Å². The van der Waals surface area contributed by atoms with Crippen molar-refractivity contribution in [3.63, 3.8) is 0 Å². The highest BCUT2D eigenvalue weighted by Crippen LogP contribution is 2.15. The summed E-state index contributed by atoms with van der Waals surface area (Å²) in [6, 6.07) is 0. The number of hydrogen-bond acceptors (Lipinski definition) is 6. The molecule has 0 unspecified atom stereocenters. The minimum Gasteiger partial charge on any atom is -0.460 e. The summed E-state index contributed by atoms with van der Waals surface area (Å²) in [5, 5.41) is 5.96. The third-order valence-electron chi connectivity index (χ3n) is 2.49. The topological polar surface area (TPSA) is 103 Å². The molecule has 16 heavy (non-hydrogen) atoms. The van der Waals surface area contributed by atoms with Gasteiger partial charge in [-0.25, -0.2) is 4.79 Å². The Morgan fingerprint density at radius 3 is 2.94 bits per heavy atom. The summed E-state index contributed by atoms with van der Waals surface area (Å²) in [4.78, 5) is 15.1. The lowest BCUT2D eigenvalue weighted by molar-refractivity contribution is 0.0177. The van der Waals surface area contributed by atoms with Crippen LogP contribution in [0.4, 0.5) is 5.95 Å². The number of aromatic amines is 1. The molecule has 0 aromatic carbocycles. The van der Waals surface area contributed by atoms with E-state index in [4.69, 9.17) is 15.2 Å². The van der Waals surface area contributed by atoms with Gasteiger partial charge < -0.3 is 15.2 Å². The van der Waals surface area contributed by atoms with E-state index in [0.717, 1.165) is 26.1 Å². The highest BCUT2D eigenvalue weighted by molar-refractivity contribution is 5.85. The number of anilines is 1. The van der Waals surface area contributed by atoms with Gasteiger partial charge in [-0.2, -0.15) is 4.98 Å². The lowest BCUT2D eigenvalue weighted by atomic mass is 10.0. The molecule has 0 bridgehead atoms. The minimum atomic E-state index is -0.518. The highest BCUT2D eigenvalue weighted by atomic mass is 16.5. The van der Waals surface area contributed by atoms with Crippen LogP contribution in [0, 0.1) is 5.92 Å². The lowest BCUT2D eigenvalue weighted by Gasteiger charge is -2.21. The van der Waals surface area contributed by atoms with E-state index in [9.17, 15) is 4.79 Å². The van der Waals surface area contributed by atoms with Crippen molar-refractivity contribution in [2.24, 2.45) is 5.92 Å². The molecule has 1 aliphatic rings. The second-order valence-corrected chi connectivity index (χ2v) is 3.70. The van der Waals surface area contributed by atoms with Crippen LogP contribution in [-0.2, 0) is 9.47 Å². The number of nitrogens with one attached hydrogen (secondary N) is 1. The summed E-state index contributed by atoms with van der Waals surface area (Å²) < 4.78 is 10.3. The van der Waals surface area contributed by atoms with Crippen LogP contribution in [0.2, 0.25) is 0 Å². The van der Waals surface area contributed by atoms with Gasteiger partial charge in [0.2, 0.25) is 11.8 Å². The summed E-state index contributed by atoms with van der Waals surface area (Å²) in [6.45, 7) is 1.86. The minimum absolute atomic E-state index is 0.0398. The van der Waals surface area contributed by atoms with Gasteiger partial charge >= 0.3 is 5.97 Å². The quantitative estimate of drug-likeness (QED) is 0.701. The van der Waals surface area contributed by atoms with Crippen LogP contribution in [-0.4, -0.2) is 41.0 Å².